The van der Waals surface area contributed by atoms with Crippen molar-refractivity contribution < 1.29 is 0 Å². The minimum atomic E-state index is 0.271. The molecule has 22 heavy (non-hydrogen) atoms. The largest absolute Gasteiger partial charge is 0.368 e. The first-order valence-corrected chi connectivity index (χ1v) is 7.56. The number of nitrogens with two attached hydrogens (primary N) is 1. The van der Waals surface area contributed by atoms with Crippen LogP contribution in [0.3, 0.4) is 0 Å². The molecule has 2 aromatic rings. The Labute approximate surface area is 131 Å². The quantitative estimate of drug-likeness (QED) is 0.935. The monoisotopic (exact) mass is 298 g/mol. The Morgan fingerprint density at radius 3 is 2.77 bits per heavy atom. The van der Waals surface area contributed by atoms with Gasteiger partial charge in [-0.2, -0.15) is 15.0 Å². The number of nitrogens with zero attached hydrogens (tertiary/aromatic N) is 5. The van der Waals surface area contributed by atoms with Gasteiger partial charge in [0.25, 0.3) is 0 Å². The van der Waals surface area contributed by atoms with Crippen LogP contribution in [0.15, 0.2) is 24.3 Å². The Bertz CT molecular complexity index is 669. The van der Waals surface area contributed by atoms with Gasteiger partial charge < -0.3 is 15.5 Å². The van der Waals surface area contributed by atoms with E-state index in [0.717, 1.165) is 13.0 Å². The zero-order valence-corrected chi connectivity index (χ0v) is 13.3. The predicted octanol–water partition coefficient (Wildman–Crippen LogP) is 2.03. The van der Waals surface area contributed by atoms with Crippen molar-refractivity contribution in [3.63, 3.8) is 0 Å². The minimum absolute atomic E-state index is 0.271. The maximum atomic E-state index is 5.81. The van der Waals surface area contributed by atoms with Crippen LogP contribution >= 0.6 is 0 Å². The van der Waals surface area contributed by atoms with Crippen LogP contribution in [0.5, 0.6) is 0 Å². The lowest BCUT2D eigenvalue weighted by Crippen LogP contribution is -2.31. The first-order chi connectivity index (χ1) is 10.5. The second-order valence-corrected chi connectivity index (χ2v) is 5.97. The van der Waals surface area contributed by atoms with Crippen LogP contribution in [-0.4, -0.2) is 35.6 Å². The zero-order valence-electron chi connectivity index (χ0n) is 13.3. The summed E-state index contributed by atoms with van der Waals surface area (Å²) in [7, 11) is 3.80. The lowest BCUT2D eigenvalue weighted by molar-refractivity contribution is 0.601. The topological polar surface area (TPSA) is 71.2 Å². The smallest absolute Gasteiger partial charge is 0.229 e. The first-order valence-electron chi connectivity index (χ1n) is 7.56. The van der Waals surface area contributed by atoms with Gasteiger partial charge in [0.05, 0.1) is 6.54 Å². The summed E-state index contributed by atoms with van der Waals surface area (Å²) in [5, 5.41) is 0. The van der Waals surface area contributed by atoms with Gasteiger partial charge in [-0.25, -0.2) is 0 Å². The Balaban J connectivity index is 1.90. The van der Waals surface area contributed by atoms with Crippen molar-refractivity contribution in [3.05, 3.63) is 35.7 Å². The summed E-state index contributed by atoms with van der Waals surface area (Å²) in [6.07, 6.45) is 1.14. The summed E-state index contributed by atoms with van der Waals surface area (Å²) in [4.78, 5) is 17.1. The van der Waals surface area contributed by atoms with E-state index >= 15 is 0 Å². The van der Waals surface area contributed by atoms with Gasteiger partial charge in [-0.1, -0.05) is 25.1 Å². The molecule has 0 fully saturated rings. The van der Waals surface area contributed by atoms with Gasteiger partial charge in [0.1, 0.15) is 0 Å². The number of para-hydroxylation sites is 1. The van der Waals surface area contributed by atoms with E-state index in [1.807, 2.05) is 19.0 Å². The molecular formula is C16H22N6. The third kappa shape index (κ3) is 2.81. The first kappa shape index (κ1) is 14.6. The van der Waals surface area contributed by atoms with E-state index in [1.165, 1.54) is 11.3 Å². The van der Waals surface area contributed by atoms with Crippen LogP contribution in [0.25, 0.3) is 0 Å². The zero-order chi connectivity index (χ0) is 15.7. The molecule has 1 aromatic heterocycles. The van der Waals surface area contributed by atoms with E-state index in [9.17, 15) is 0 Å². The fraction of sp³-hybridized carbons (Fsp3) is 0.438. The molecule has 0 saturated carbocycles. The van der Waals surface area contributed by atoms with Crippen molar-refractivity contribution in [2.75, 3.05) is 36.2 Å². The molecule has 0 saturated heterocycles. The average Bonchev–Trinajstić information content (AvgIpc) is 2.50. The van der Waals surface area contributed by atoms with Crippen LogP contribution in [0.4, 0.5) is 17.6 Å². The summed E-state index contributed by atoms with van der Waals surface area (Å²) in [5.74, 6) is 2.17. The molecule has 116 valence electrons. The number of anilines is 3. The second-order valence-electron chi connectivity index (χ2n) is 5.97. The predicted molar refractivity (Wildman–Crippen MR) is 89.1 cm³/mol. The van der Waals surface area contributed by atoms with Crippen molar-refractivity contribution in [2.24, 2.45) is 0 Å². The molecule has 0 spiro atoms. The fourth-order valence-corrected chi connectivity index (χ4v) is 2.85. The van der Waals surface area contributed by atoms with Crippen LogP contribution in [0.1, 0.15) is 30.7 Å². The van der Waals surface area contributed by atoms with E-state index in [-0.39, 0.29) is 5.95 Å². The highest BCUT2D eigenvalue weighted by Crippen LogP contribution is 2.35. The maximum Gasteiger partial charge on any atom is 0.229 e. The summed E-state index contributed by atoms with van der Waals surface area (Å²) in [6.45, 7) is 3.93. The highest BCUT2D eigenvalue weighted by molar-refractivity contribution is 5.57. The number of fused-ring (bicyclic) bond motifs is 1. The normalized spacial score (nSPS) is 17.2. The van der Waals surface area contributed by atoms with Crippen molar-refractivity contribution in [1.82, 2.24) is 15.0 Å². The van der Waals surface area contributed by atoms with Crippen LogP contribution in [0, 0.1) is 0 Å². The minimum Gasteiger partial charge on any atom is -0.368 e. The van der Waals surface area contributed by atoms with Crippen molar-refractivity contribution >= 4 is 17.6 Å². The molecule has 0 amide bonds. The summed E-state index contributed by atoms with van der Waals surface area (Å²) >= 11 is 0. The number of hydrogen-bond acceptors (Lipinski definition) is 6. The van der Waals surface area contributed by atoms with Gasteiger partial charge in [0.2, 0.25) is 11.9 Å². The molecule has 6 nitrogen and oxygen atoms in total. The average molecular weight is 298 g/mol. The molecule has 1 aliphatic rings. The van der Waals surface area contributed by atoms with Gasteiger partial charge in [0.15, 0.2) is 5.82 Å². The van der Waals surface area contributed by atoms with Crippen molar-refractivity contribution in [3.8, 4) is 0 Å². The fourth-order valence-electron chi connectivity index (χ4n) is 2.85. The number of aromatic nitrogens is 3. The molecule has 0 aliphatic carbocycles. The van der Waals surface area contributed by atoms with Gasteiger partial charge in [0, 0.05) is 26.3 Å². The molecule has 1 aliphatic heterocycles. The molecule has 1 aromatic carbocycles. The summed E-state index contributed by atoms with van der Waals surface area (Å²) < 4.78 is 0. The van der Waals surface area contributed by atoms with E-state index in [2.05, 4.69) is 51.0 Å². The third-order valence-corrected chi connectivity index (χ3v) is 4.06. The molecule has 0 radical (unpaired) electrons. The summed E-state index contributed by atoms with van der Waals surface area (Å²) in [6, 6.07) is 8.56. The van der Waals surface area contributed by atoms with Gasteiger partial charge in [-0.3, -0.25) is 0 Å². The third-order valence-electron chi connectivity index (χ3n) is 4.06. The van der Waals surface area contributed by atoms with Gasteiger partial charge in [-0.05, 0) is 24.0 Å². The molecule has 1 atom stereocenters. The van der Waals surface area contributed by atoms with Crippen LogP contribution < -0.4 is 15.5 Å². The molecule has 2 heterocycles. The lowest BCUT2D eigenvalue weighted by atomic mass is 9.91. The molecule has 0 bridgehead atoms. The Hall–Kier alpha value is -2.37. The standard InChI is InChI=1S/C16H22N6/c1-11-8-9-22(13-7-5-4-6-12(11)13)10-14-18-15(17)20-16(19-14)21(2)3/h4-7,11H,8-10H2,1-3H3,(H2,17,18,19,20). The van der Waals surface area contributed by atoms with Crippen molar-refractivity contribution in [1.29, 1.82) is 0 Å². The molecule has 2 N–H and O–H groups in total. The Morgan fingerprint density at radius 2 is 2.00 bits per heavy atom. The Kier molecular flexibility index (Phi) is 3.83. The van der Waals surface area contributed by atoms with E-state index in [4.69, 9.17) is 5.73 Å². The number of rotatable bonds is 3. The summed E-state index contributed by atoms with van der Waals surface area (Å²) in [5.41, 5.74) is 8.47. The molecule has 6 heteroatoms. The highest BCUT2D eigenvalue weighted by atomic mass is 15.3. The number of hydrogen-bond donors (Lipinski definition) is 1. The second kappa shape index (κ2) is 5.79. The highest BCUT2D eigenvalue weighted by Gasteiger charge is 2.22. The lowest BCUT2D eigenvalue weighted by Gasteiger charge is -2.34. The number of nitrogen functional groups attached to an aromatic ring is 1. The maximum absolute atomic E-state index is 5.81. The van der Waals surface area contributed by atoms with E-state index < -0.39 is 0 Å². The van der Waals surface area contributed by atoms with Crippen molar-refractivity contribution in [2.45, 2.75) is 25.8 Å². The van der Waals surface area contributed by atoms with Crippen LogP contribution in [-0.2, 0) is 6.54 Å². The number of benzene rings is 1. The van der Waals surface area contributed by atoms with E-state index in [0.29, 0.717) is 24.2 Å². The molecular weight excluding hydrogens is 276 g/mol. The van der Waals surface area contributed by atoms with Crippen LogP contribution in [0.2, 0.25) is 0 Å². The van der Waals surface area contributed by atoms with E-state index in [1.54, 1.807) is 0 Å². The molecule has 1 unspecified atom stereocenters. The Morgan fingerprint density at radius 1 is 1.23 bits per heavy atom. The molecule has 3 rings (SSSR count). The van der Waals surface area contributed by atoms with Gasteiger partial charge in [-0.15, -0.1) is 0 Å². The SMILES string of the molecule is CC1CCN(Cc2nc(N)nc(N(C)C)n2)c2ccccc21. The van der Waals surface area contributed by atoms with Gasteiger partial charge >= 0.3 is 0 Å².